The van der Waals surface area contributed by atoms with Crippen molar-refractivity contribution in [3.8, 4) is 0 Å². The molecular weight excluding hydrogens is 244 g/mol. The third-order valence-electron chi connectivity index (χ3n) is 5.57. The second-order valence-electron chi connectivity index (χ2n) is 7.21. The standard InChI is InChI=1S/C18H26N2/c1-13-9-16(10-13)20-12-17(14-7-8-14)19-11-18(20)15-5-3-2-4-6-15/h2-6,13-14,16-19H,7-12H2,1H3. The van der Waals surface area contributed by atoms with E-state index >= 15 is 0 Å². The Morgan fingerprint density at radius 3 is 2.50 bits per heavy atom. The molecule has 1 N–H and O–H groups in total. The van der Waals surface area contributed by atoms with E-state index in [-0.39, 0.29) is 0 Å². The Balaban J connectivity index is 1.53. The summed E-state index contributed by atoms with van der Waals surface area (Å²) in [5.41, 5.74) is 1.49. The van der Waals surface area contributed by atoms with Crippen LogP contribution >= 0.6 is 0 Å². The van der Waals surface area contributed by atoms with E-state index in [9.17, 15) is 0 Å². The highest BCUT2D eigenvalue weighted by atomic mass is 15.3. The lowest BCUT2D eigenvalue weighted by atomic mass is 9.79. The highest BCUT2D eigenvalue weighted by Gasteiger charge is 2.42. The van der Waals surface area contributed by atoms with Crippen molar-refractivity contribution in [1.82, 2.24) is 10.2 Å². The molecule has 2 unspecified atom stereocenters. The van der Waals surface area contributed by atoms with Crippen LogP contribution in [0.2, 0.25) is 0 Å². The summed E-state index contributed by atoms with van der Waals surface area (Å²) in [6, 6.07) is 13.3. The highest BCUT2D eigenvalue weighted by Crippen LogP contribution is 2.41. The minimum absolute atomic E-state index is 0.587. The summed E-state index contributed by atoms with van der Waals surface area (Å²) in [4.78, 5) is 2.83. The predicted octanol–water partition coefficient (Wildman–Crippen LogP) is 3.21. The quantitative estimate of drug-likeness (QED) is 0.907. The molecule has 0 spiro atoms. The van der Waals surface area contributed by atoms with Gasteiger partial charge in [-0.25, -0.2) is 0 Å². The molecule has 2 atom stereocenters. The first-order valence-electron chi connectivity index (χ1n) is 8.35. The molecule has 1 aromatic rings. The summed E-state index contributed by atoms with van der Waals surface area (Å²) in [6.07, 6.45) is 5.70. The first kappa shape index (κ1) is 12.8. The molecule has 0 aromatic heterocycles. The van der Waals surface area contributed by atoms with Gasteiger partial charge in [0.15, 0.2) is 0 Å². The Morgan fingerprint density at radius 1 is 1.10 bits per heavy atom. The van der Waals surface area contributed by atoms with Crippen LogP contribution in [-0.2, 0) is 0 Å². The SMILES string of the molecule is CC1CC(N2CC(C3CC3)NCC2c2ccccc2)C1. The van der Waals surface area contributed by atoms with Gasteiger partial charge >= 0.3 is 0 Å². The minimum Gasteiger partial charge on any atom is -0.311 e. The van der Waals surface area contributed by atoms with Gasteiger partial charge in [0.2, 0.25) is 0 Å². The van der Waals surface area contributed by atoms with Crippen LogP contribution in [-0.4, -0.2) is 30.1 Å². The van der Waals surface area contributed by atoms with Crippen LogP contribution in [0.25, 0.3) is 0 Å². The minimum atomic E-state index is 0.587. The summed E-state index contributed by atoms with van der Waals surface area (Å²) in [5.74, 6) is 1.90. The summed E-state index contributed by atoms with van der Waals surface area (Å²) in [6.45, 7) is 4.80. The van der Waals surface area contributed by atoms with Gasteiger partial charge in [-0.3, -0.25) is 4.90 Å². The third-order valence-corrected chi connectivity index (χ3v) is 5.57. The lowest BCUT2D eigenvalue weighted by Crippen LogP contribution is -2.58. The zero-order valence-electron chi connectivity index (χ0n) is 12.5. The van der Waals surface area contributed by atoms with E-state index < -0.39 is 0 Å². The number of piperazine rings is 1. The highest BCUT2D eigenvalue weighted by molar-refractivity contribution is 5.21. The van der Waals surface area contributed by atoms with Crippen LogP contribution in [0.1, 0.15) is 44.2 Å². The number of hydrogen-bond acceptors (Lipinski definition) is 2. The van der Waals surface area contributed by atoms with Gasteiger partial charge < -0.3 is 5.32 Å². The van der Waals surface area contributed by atoms with E-state index in [0.717, 1.165) is 30.5 Å². The number of hydrogen-bond donors (Lipinski definition) is 1. The number of nitrogens with zero attached hydrogens (tertiary/aromatic N) is 1. The maximum absolute atomic E-state index is 3.83. The molecule has 0 radical (unpaired) electrons. The molecule has 4 rings (SSSR count). The van der Waals surface area contributed by atoms with Gasteiger partial charge in [0, 0.05) is 31.2 Å². The topological polar surface area (TPSA) is 15.3 Å². The van der Waals surface area contributed by atoms with Gasteiger partial charge in [0.05, 0.1) is 0 Å². The molecule has 2 aliphatic carbocycles. The normalized spacial score (nSPS) is 38.5. The van der Waals surface area contributed by atoms with Crippen molar-refractivity contribution in [2.24, 2.45) is 11.8 Å². The lowest BCUT2D eigenvalue weighted by Gasteiger charge is -2.50. The number of nitrogens with one attached hydrogen (secondary N) is 1. The molecule has 2 heteroatoms. The molecule has 108 valence electrons. The zero-order valence-corrected chi connectivity index (χ0v) is 12.5. The fourth-order valence-corrected chi connectivity index (χ4v) is 4.13. The molecule has 1 heterocycles. The van der Waals surface area contributed by atoms with Gasteiger partial charge in [-0.1, -0.05) is 37.3 Å². The summed E-state index contributed by atoms with van der Waals surface area (Å²) in [5, 5.41) is 3.83. The van der Waals surface area contributed by atoms with E-state index in [1.807, 2.05) is 0 Å². The van der Waals surface area contributed by atoms with Crippen LogP contribution in [0.15, 0.2) is 30.3 Å². The molecule has 2 nitrogen and oxygen atoms in total. The molecule has 3 fully saturated rings. The smallest absolute Gasteiger partial charge is 0.0476 e. The summed E-state index contributed by atoms with van der Waals surface area (Å²) >= 11 is 0. The van der Waals surface area contributed by atoms with E-state index in [1.165, 1.54) is 37.8 Å². The first-order chi connectivity index (χ1) is 9.81. The molecule has 1 aliphatic heterocycles. The molecule has 1 saturated heterocycles. The monoisotopic (exact) mass is 270 g/mol. The molecular formula is C18H26N2. The van der Waals surface area contributed by atoms with Crippen molar-refractivity contribution in [3.63, 3.8) is 0 Å². The van der Waals surface area contributed by atoms with Crippen LogP contribution in [0.5, 0.6) is 0 Å². The van der Waals surface area contributed by atoms with Crippen LogP contribution in [0.4, 0.5) is 0 Å². The van der Waals surface area contributed by atoms with Gasteiger partial charge in [-0.05, 0) is 43.1 Å². The Hall–Kier alpha value is -0.860. The van der Waals surface area contributed by atoms with Crippen LogP contribution in [0.3, 0.4) is 0 Å². The van der Waals surface area contributed by atoms with E-state index in [1.54, 1.807) is 0 Å². The average Bonchev–Trinajstić information content (AvgIpc) is 3.29. The van der Waals surface area contributed by atoms with E-state index in [4.69, 9.17) is 0 Å². The van der Waals surface area contributed by atoms with Crippen molar-refractivity contribution in [2.75, 3.05) is 13.1 Å². The Labute approximate surface area is 122 Å². The van der Waals surface area contributed by atoms with Gasteiger partial charge in [-0.2, -0.15) is 0 Å². The van der Waals surface area contributed by atoms with Crippen molar-refractivity contribution in [3.05, 3.63) is 35.9 Å². The lowest BCUT2D eigenvalue weighted by molar-refractivity contribution is 0.0140. The van der Waals surface area contributed by atoms with Gasteiger partial charge in [-0.15, -0.1) is 0 Å². The molecule has 1 aromatic carbocycles. The fourth-order valence-electron chi connectivity index (χ4n) is 4.13. The second kappa shape index (κ2) is 5.16. The molecule has 2 saturated carbocycles. The van der Waals surface area contributed by atoms with Crippen molar-refractivity contribution in [1.29, 1.82) is 0 Å². The van der Waals surface area contributed by atoms with Crippen molar-refractivity contribution >= 4 is 0 Å². The fraction of sp³-hybridized carbons (Fsp3) is 0.667. The Morgan fingerprint density at radius 2 is 1.85 bits per heavy atom. The second-order valence-corrected chi connectivity index (χ2v) is 7.21. The average molecular weight is 270 g/mol. The first-order valence-corrected chi connectivity index (χ1v) is 8.35. The Bertz CT molecular complexity index is 448. The molecule has 3 aliphatic rings. The third kappa shape index (κ3) is 2.40. The molecule has 0 amide bonds. The van der Waals surface area contributed by atoms with E-state index in [2.05, 4.69) is 47.5 Å². The van der Waals surface area contributed by atoms with Gasteiger partial charge in [0.25, 0.3) is 0 Å². The van der Waals surface area contributed by atoms with E-state index in [0.29, 0.717) is 6.04 Å². The molecule has 20 heavy (non-hydrogen) atoms. The van der Waals surface area contributed by atoms with Crippen LogP contribution < -0.4 is 5.32 Å². The maximum Gasteiger partial charge on any atom is 0.0476 e. The number of benzene rings is 1. The number of rotatable bonds is 3. The Kier molecular flexibility index (Phi) is 3.31. The largest absolute Gasteiger partial charge is 0.311 e. The van der Waals surface area contributed by atoms with Crippen LogP contribution in [0, 0.1) is 11.8 Å². The molecule has 0 bridgehead atoms. The van der Waals surface area contributed by atoms with Crippen molar-refractivity contribution in [2.45, 2.75) is 50.7 Å². The maximum atomic E-state index is 3.83. The van der Waals surface area contributed by atoms with Crippen molar-refractivity contribution < 1.29 is 0 Å². The summed E-state index contributed by atoms with van der Waals surface area (Å²) < 4.78 is 0. The van der Waals surface area contributed by atoms with Gasteiger partial charge in [0.1, 0.15) is 0 Å². The predicted molar refractivity (Wildman–Crippen MR) is 82.6 cm³/mol. The summed E-state index contributed by atoms with van der Waals surface area (Å²) in [7, 11) is 0. The zero-order chi connectivity index (χ0) is 13.5.